The first-order chi connectivity index (χ1) is 9.47. The fourth-order valence-corrected chi connectivity index (χ4v) is 2.12. The molecule has 0 radical (unpaired) electrons. The summed E-state index contributed by atoms with van der Waals surface area (Å²) >= 11 is 0. The summed E-state index contributed by atoms with van der Waals surface area (Å²) in [7, 11) is 0. The van der Waals surface area contributed by atoms with Crippen LogP contribution in [0.1, 0.15) is 25.0 Å². The summed E-state index contributed by atoms with van der Waals surface area (Å²) in [6, 6.07) is 15.8. The summed E-state index contributed by atoms with van der Waals surface area (Å²) in [6.07, 6.45) is 0.319. The molecule has 0 spiro atoms. The van der Waals surface area contributed by atoms with Crippen molar-refractivity contribution in [3.8, 4) is 0 Å². The average Bonchev–Trinajstić information content (AvgIpc) is 2.39. The van der Waals surface area contributed by atoms with Crippen LogP contribution in [0.15, 0.2) is 54.6 Å². The molecule has 0 aliphatic carbocycles. The fourth-order valence-electron chi connectivity index (χ4n) is 2.12. The Morgan fingerprint density at radius 3 is 2.45 bits per heavy atom. The summed E-state index contributed by atoms with van der Waals surface area (Å²) in [4.78, 5) is 12.1. The van der Waals surface area contributed by atoms with Crippen LogP contribution in [0, 0.1) is 5.82 Å². The summed E-state index contributed by atoms with van der Waals surface area (Å²) in [5.74, 6) is -0.377. The number of nitrogens with one attached hydrogen (secondary N) is 1. The second-order valence-corrected chi connectivity index (χ2v) is 5.35. The van der Waals surface area contributed by atoms with Crippen LogP contribution in [0.5, 0.6) is 0 Å². The highest BCUT2D eigenvalue weighted by Crippen LogP contribution is 2.20. The van der Waals surface area contributed by atoms with E-state index in [1.165, 1.54) is 12.1 Å². The lowest BCUT2D eigenvalue weighted by Gasteiger charge is -2.27. The van der Waals surface area contributed by atoms with Gasteiger partial charge in [0.1, 0.15) is 5.82 Å². The molecule has 0 aliphatic rings. The van der Waals surface area contributed by atoms with E-state index in [-0.39, 0.29) is 11.7 Å². The van der Waals surface area contributed by atoms with Crippen LogP contribution in [-0.2, 0) is 16.8 Å². The molecule has 1 N–H and O–H groups in total. The molecule has 0 saturated heterocycles. The Bertz CT molecular complexity index is 593. The van der Waals surface area contributed by atoms with Crippen LogP contribution in [0.4, 0.5) is 4.39 Å². The average molecular weight is 271 g/mol. The molecule has 0 atom stereocenters. The summed E-state index contributed by atoms with van der Waals surface area (Å²) in [6.45, 7) is 3.73. The predicted octanol–water partition coefficient (Wildman–Crippen LogP) is 3.42. The van der Waals surface area contributed by atoms with Crippen LogP contribution in [0.25, 0.3) is 0 Å². The molecule has 0 saturated carbocycles. The van der Waals surface area contributed by atoms with Crippen LogP contribution in [-0.4, -0.2) is 5.91 Å². The van der Waals surface area contributed by atoms with Gasteiger partial charge in [0, 0.05) is 0 Å². The minimum atomic E-state index is -0.603. The van der Waals surface area contributed by atoms with Crippen molar-refractivity contribution in [2.45, 2.75) is 25.8 Å². The molecule has 2 nitrogen and oxygen atoms in total. The van der Waals surface area contributed by atoms with Crippen molar-refractivity contribution in [1.29, 1.82) is 0 Å². The van der Waals surface area contributed by atoms with Gasteiger partial charge in [-0.2, -0.15) is 0 Å². The zero-order valence-corrected chi connectivity index (χ0v) is 11.7. The first-order valence-corrected chi connectivity index (χ1v) is 6.58. The number of benzene rings is 2. The maximum atomic E-state index is 13.3. The number of hydrogen-bond acceptors (Lipinski definition) is 1. The third kappa shape index (κ3) is 3.67. The minimum Gasteiger partial charge on any atom is -0.347 e. The number of carbonyl (C=O) groups is 1. The van der Waals surface area contributed by atoms with Crippen LogP contribution < -0.4 is 5.32 Å². The van der Waals surface area contributed by atoms with Gasteiger partial charge in [0.05, 0.1) is 12.0 Å². The summed E-state index contributed by atoms with van der Waals surface area (Å²) in [5, 5.41) is 2.94. The zero-order chi connectivity index (χ0) is 14.6. The Kier molecular flexibility index (Phi) is 4.18. The van der Waals surface area contributed by atoms with E-state index in [1.807, 2.05) is 50.2 Å². The lowest BCUT2D eigenvalue weighted by Crippen LogP contribution is -2.41. The van der Waals surface area contributed by atoms with Gasteiger partial charge in [0.25, 0.3) is 0 Å². The van der Waals surface area contributed by atoms with E-state index >= 15 is 0 Å². The molecule has 2 aromatic rings. The Morgan fingerprint density at radius 2 is 1.80 bits per heavy atom. The molecule has 20 heavy (non-hydrogen) atoms. The largest absolute Gasteiger partial charge is 0.347 e. The standard InChI is InChI=1S/C17H18FNO/c1-17(2,14-9-6-10-15(18)12-14)19-16(20)11-13-7-4-3-5-8-13/h3-10,12H,11H2,1-2H3,(H,19,20). The molecule has 0 unspecified atom stereocenters. The molecule has 0 bridgehead atoms. The first kappa shape index (κ1) is 14.3. The topological polar surface area (TPSA) is 29.1 Å². The molecule has 104 valence electrons. The van der Waals surface area contributed by atoms with E-state index in [0.717, 1.165) is 11.1 Å². The van der Waals surface area contributed by atoms with Crippen LogP contribution >= 0.6 is 0 Å². The van der Waals surface area contributed by atoms with Crippen molar-refractivity contribution >= 4 is 5.91 Å². The SMILES string of the molecule is CC(C)(NC(=O)Cc1ccccc1)c1cccc(F)c1. The van der Waals surface area contributed by atoms with Gasteiger partial charge in [-0.3, -0.25) is 4.79 Å². The molecule has 3 heteroatoms. The van der Waals surface area contributed by atoms with Gasteiger partial charge in [-0.25, -0.2) is 4.39 Å². The Labute approximate surface area is 118 Å². The number of hydrogen-bond donors (Lipinski definition) is 1. The van der Waals surface area contributed by atoms with Crippen molar-refractivity contribution < 1.29 is 9.18 Å². The van der Waals surface area contributed by atoms with Crippen molar-refractivity contribution in [2.24, 2.45) is 0 Å². The Balaban J connectivity index is 2.06. The van der Waals surface area contributed by atoms with E-state index in [9.17, 15) is 9.18 Å². The summed E-state index contributed by atoms with van der Waals surface area (Å²) < 4.78 is 13.3. The molecule has 0 fully saturated rings. The van der Waals surface area contributed by atoms with Crippen molar-refractivity contribution in [3.05, 3.63) is 71.5 Å². The molecule has 0 aliphatic heterocycles. The van der Waals surface area contributed by atoms with Crippen molar-refractivity contribution in [1.82, 2.24) is 5.32 Å². The van der Waals surface area contributed by atoms with Gasteiger partial charge < -0.3 is 5.32 Å². The van der Waals surface area contributed by atoms with Crippen LogP contribution in [0.2, 0.25) is 0 Å². The zero-order valence-electron chi connectivity index (χ0n) is 11.7. The highest BCUT2D eigenvalue weighted by atomic mass is 19.1. The van der Waals surface area contributed by atoms with E-state index in [4.69, 9.17) is 0 Å². The summed E-state index contributed by atoms with van der Waals surface area (Å²) in [5.41, 5.74) is 1.10. The fraction of sp³-hybridized carbons (Fsp3) is 0.235. The van der Waals surface area contributed by atoms with Gasteiger partial charge in [-0.1, -0.05) is 42.5 Å². The number of rotatable bonds is 4. The minimum absolute atomic E-state index is 0.0783. The maximum Gasteiger partial charge on any atom is 0.225 e. The highest BCUT2D eigenvalue weighted by Gasteiger charge is 2.23. The second-order valence-electron chi connectivity index (χ2n) is 5.35. The van der Waals surface area contributed by atoms with Gasteiger partial charge >= 0.3 is 0 Å². The van der Waals surface area contributed by atoms with E-state index in [1.54, 1.807) is 6.07 Å². The van der Waals surface area contributed by atoms with E-state index in [2.05, 4.69) is 5.32 Å². The molecular formula is C17H18FNO. The highest BCUT2D eigenvalue weighted by molar-refractivity contribution is 5.79. The first-order valence-electron chi connectivity index (χ1n) is 6.58. The lowest BCUT2D eigenvalue weighted by atomic mass is 9.94. The Hall–Kier alpha value is -2.16. The van der Waals surface area contributed by atoms with Gasteiger partial charge in [-0.15, -0.1) is 0 Å². The quantitative estimate of drug-likeness (QED) is 0.907. The third-order valence-corrected chi connectivity index (χ3v) is 3.21. The van der Waals surface area contributed by atoms with E-state index in [0.29, 0.717) is 6.42 Å². The third-order valence-electron chi connectivity index (χ3n) is 3.21. The molecule has 1 amide bonds. The normalized spacial score (nSPS) is 11.2. The number of amides is 1. The Morgan fingerprint density at radius 1 is 1.10 bits per heavy atom. The number of carbonyl (C=O) groups excluding carboxylic acids is 1. The molecule has 0 aromatic heterocycles. The van der Waals surface area contributed by atoms with Gasteiger partial charge in [0.15, 0.2) is 0 Å². The van der Waals surface area contributed by atoms with Crippen molar-refractivity contribution in [2.75, 3.05) is 0 Å². The van der Waals surface area contributed by atoms with Gasteiger partial charge in [0.2, 0.25) is 5.91 Å². The predicted molar refractivity (Wildman–Crippen MR) is 77.7 cm³/mol. The lowest BCUT2D eigenvalue weighted by molar-refractivity contribution is -0.122. The maximum absolute atomic E-state index is 13.3. The molecule has 0 heterocycles. The van der Waals surface area contributed by atoms with Crippen molar-refractivity contribution in [3.63, 3.8) is 0 Å². The molecule has 2 aromatic carbocycles. The molecule has 2 rings (SSSR count). The second kappa shape index (κ2) is 5.87. The smallest absolute Gasteiger partial charge is 0.225 e. The van der Waals surface area contributed by atoms with Gasteiger partial charge in [-0.05, 0) is 37.1 Å². The molecular weight excluding hydrogens is 253 g/mol. The monoisotopic (exact) mass is 271 g/mol. The number of halogens is 1. The van der Waals surface area contributed by atoms with Crippen LogP contribution in [0.3, 0.4) is 0 Å². The van der Waals surface area contributed by atoms with E-state index < -0.39 is 5.54 Å².